The SMILES string of the molecule is COc1cc2c(cc1OC)[C@H](C)N(C[C@@H]1C(=O)O[C@@H]3C[C@@]4(C)CCC[C@]5(CO5)[C@H]4C[C@H]13)CC2. The average molecular weight is 456 g/mol. The Kier molecular flexibility index (Phi) is 5.01. The molecule has 2 saturated carbocycles. The first-order valence-electron chi connectivity index (χ1n) is 12.7. The van der Waals surface area contributed by atoms with Crippen molar-refractivity contribution in [3.05, 3.63) is 23.3 Å². The molecule has 6 heteroatoms. The van der Waals surface area contributed by atoms with E-state index >= 15 is 0 Å². The number of rotatable bonds is 4. The van der Waals surface area contributed by atoms with Crippen LogP contribution in [0.3, 0.4) is 0 Å². The summed E-state index contributed by atoms with van der Waals surface area (Å²) in [6, 6.07) is 4.45. The van der Waals surface area contributed by atoms with Crippen LogP contribution in [0.25, 0.3) is 0 Å². The van der Waals surface area contributed by atoms with Crippen molar-refractivity contribution in [2.24, 2.45) is 23.2 Å². The summed E-state index contributed by atoms with van der Waals surface area (Å²) in [7, 11) is 3.37. The van der Waals surface area contributed by atoms with Gasteiger partial charge in [-0.15, -0.1) is 0 Å². The Hall–Kier alpha value is -1.79. The molecule has 6 nitrogen and oxygen atoms in total. The largest absolute Gasteiger partial charge is 0.493 e. The molecule has 6 rings (SSSR count). The summed E-state index contributed by atoms with van der Waals surface area (Å²) in [5.74, 6) is 2.41. The number of carbonyl (C=O) groups is 1. The molecule has 0 N–H and O–H groups in total. The number of methoxy groups -OCH3 is 2. The Balaban J connectivity index is 1.22. The second kappa shape index (κ2) is 7.61. The lowest BCUT2D eigenvalue weighted by molar-refractivity contribution is -0.147. The van der Waals surface area contributed by atoms with Crippen molar-refractivity contribution in [1.29, 1.82) is 0 Å². The zero-order chi connectivity index (χ0) is 23.0. The highest BCUT2D eigenvalue weighted by molar-refractivity contribution is 5.75. The highest BCUT2D eigenvalue weighted by Crippen LogP contribution is 2.63. The van der Waals surface area contributed by atoms with Gasteiger partial charge in [0.1, 0.15) is 6.10 Å². The van der Waals surface area contributed by atoms with Crippen LogP contribution in [0.5, 0.6) is 11.5 Å². The quantitative estimate of drug-likeness (QED) is 0.502. The molecule has 3 aliphatic heterocycles. The molecule has 0 aromatic heterocycles. The van der Waals surface area contributed by atoms with Gasteiger partial charge in [0, 0.05) is 25.0 Å². The molecule has 1 aromatic carbocycles. The van der Waals surface area contributed by atoms with Crippen molar-refractivity contribution in [3.63, 3.8) is 0 Å². The van der Waals surface area contributed by atoms with Crippen molar-refractivity contribution < 1.29 is 23.7 Å². The minimum absolute atomic E-state index is 0.0170. The van der Waals surface area contributed by atoms with Gasteiger partial charge in [0.05, 0.1) is 32.3 Å². The molecule has 1 spiro atoms. The Morgan fingerprint density at radius 3 is 2.67 bits per heavy atom. The summed E-state index contributed by atoms with van der Waals surface area (Å²) in [5, 5.41) is 0. The summed E-state index contributed by atoms with van der Waals surface area (Å²) >= 11 is 0. The first kappa shape index (κ1) is 21.7. The molecule has 1 aromatic rings. The van der Waals surface area contributed by atoms with E-state index in [-0.39, 0.29) is 35.0 Å². The number of ether oxygens (including phenoxy) is 4. The standard InChI is InChI=1S/C27H37NO5/c1-16-18-11-22(31-4)21(30-3)10-17(18)6-9-28(16)14-20-19-12-24-26(2,13-23(19)33-25(20)29)7-5-8-27(24)15-32-27/h10-11,16,19-20,23-24H,5-9,12-15H2,1-4H3/t16-,19+,20-,23+,24-,26+,27-/m0/s1. The third-order valence-electron chi connectivity index (χ3n) is 9.82. The molecular weight excluding hydrogens is 418 g/mol. The second-order valence-electron chi connectivity index (χ2n) is 11.4. The highest BCUT2D eigenvalue weighted by Gasteiger charge is 2.65. The van der Waals surface area contributed by atoms with Crippen LogP contribution in [0.4, 0.5) is 0 Å². The van der Waals surface area contributed by atoms with Gasteiger partial charge in [0.2, 0.25) is 0 Å². The lowest BCUT2D eigenvalue weighted by Crippen LogP contribution is -2.51. The molecule has 7 atom stereocenters. The molecule has 0 bridgehead atoms. The maximum atomic E-state index is 13.1. The number of hydrogen-bond donors (Lipinski definition) is 0. The molecule has 2 saturated heterocycles. The lowest BCUT2D eigenvalue weighted by Gasteiger charge is -2.51. The van der Waals surface area contributed by atoms with Gasteiger partial charge in [0.15, 0.2) is 11.5 Å². The number of benzene rings is 1. The number of esters is 1. The summed E-state index contributed by atoms with van der Waals surface area (Å²) < 4.78 is 23.2. The van der Waals surface area contributed by atoms with E-state index in [1.807, 2.05) is 0 Å². The van der Waals surface area contributed by atoms with Crippen LogP contribution in [-0.2, 0) is 20.7 Å². The fourth-order valence-electron chi connectivity index (χ4n) is 7.86. The predicted molar refractivity (Wildman–Crippen MR) is 123 cm³/mol. The molecule has 2 aliphatic carbocycles. The molecule has 5 aliphatic rings. The van der Waals surface area contributed by atoms with Crippen molar-refractivity contribution in [2.45, 2.75) is 70.1 Å². The van der Waals surface area contributed by atoms with E-state index in [1.54, 1.807) is 14.2 Å². The van der Waals surface area contributed by atoms with Crippen LogP contribution in [0.15, 0.2) is 12.1 Å². The Bertz CT molecular complexity index is 958. The number of nitrogens with zero attached hydrogens (tertiary/aromatic N) is 1. The van der Waals surface area contributed by atoms with Gasteiger partial charge in [-0.2, -0.15) is 0 Å². The molecule has 0 radical (unpaired) electrons. The van der Waals surface area contributed by atoms with E-state index in [1.165, 1.54) is 30.4 Å². The maximum Gasteiger partial charge on any atom is 0.310 e. The van der Waals surface area contributed by atoms with Gasteiger partial charge >= 0.3 is 5.97 Å². The molecule has 33 heavy (non-hydrogen) atoms. The van der Waals surface area contributed by atoms with Crippen molar-refractivity contribution in [3.8, 4) is 11.5 Å². The predicted octanol–water partition coefficient (Wildman–Crippen LogP) is 4.15. The summed E-state index contributed by atoms with van der Waals surface area (Å²) in [5.41, 5.74) is 2.93. The number of fused-ring (bicyclic) bond motifs is 4. The number of epoxide rings is 1. The second-order valence-corrected chi connectivity index (χ2v) is 11.4. The van der Waals surface area contributed by atoms with E-state index in [9.17, 15) is 4.79 Å². The van der Waals surface area contributed by atoms with Crippen LogP contribution in [0.1, 0.15) is 63.1 Å². The van der Waals surface area contributed by atoms with E-state index < -0.39 is 0 Å². The topological polar surface area (TPSA) is 60.5 Å². The maximum absolute atomic E-state index is 13.1. The summed E-state index contributed by atoms with van der Waals surface area (Å²) in [6.07, 6.45) is 6.77. The van der Waals surface area contributed by atoms with E-state index in [4.69, 9.17) is 18.9 Å². The Labute approximate surface area is 196 Å². The fraction of sp³-hybridized carbons (Fsp3) is 0.741. The van der Waals surface area contributed by atoms with Crippen LogP contribution < -0.4 is 9.47 Å². The van der Waals surface area contributed by atoms with E-state index in [2.05, 4.69) is 30.9 Å². The van der Waals surface area contributed by atoms with Crippen LogP contribution in [-0.4, -0.2) is 56.5 Å². The zero-order valence-corrected chi connectivity index (χ0v) is 20.4. The van der Waals surface area contributed by atoms with Crippen molar-refractivity contribution in [1.82, 2.24) is 4.90 Å². The third-order valence-corrected chi connectivity index (χ3v) is 9.82. The average Bonchev–Trinajstić information content (AvgIpc) is 3.51. The third kappa shape index (κ3) is 3.31. The van der Waals surface area contributed by atoms with Gasteiger partial charge in [-0.25, -0.2) is 0 Å². The molecule has 4 fully saturated rings. The molecule has 180 valence electrons. The minimum atomic E-state index is -0.0404. The number of carbonyl (C=O) groups excluding carboxylic acids is 1. The smallest absolute Gasteiger partial charge is 0.310 e. The Morgan fingerprint density at radius 2 is 1.94 bits per heavy atom. The van der Waals surface area contributed by atoms with Crippen LogP contribution in [0.2, 0.25) is 0 Å². The van der Waals surface area contributed by atoms with Crippen molar-refractivity contribution >= 4 is 5.97 Å². The van der Waals surface area contributed by atoms with Gasteiger partial charge in [-0.05, 0) is 80.0 Å². The van der Waals surface area contributed by atoms with E-state index in [0.717, 1.165) is 50.5 Å². The summed E-state index contributed by atoms with van der Waals surface area (Å²) in [6.45, 7) is 7.29. The van der Waals surface area contributed by atoms with Gasteiger partial charge < -0.3 is 18.9 Å². The zero-order valence-electron chi connectivity index (χ0n) is 20.4. The van der Waals surface area contributed by atoms with Gasteiger partial charge in [0.25, 0.3) is 0 Å². The first-order valence-corrected chi connectivity index (χ1v) is 12.7. The van der Waals surface area contributed by atoms with E-state index in [0.29, 0.717) is 11.8 Å². The minimum Gasteiger partial charge on any atom is -0.493 e. The monoisotopic (exact) mass is 455 g/mol. The molecular formula is C27H37NO5. The normalized spacial score (nSPS) is 41.7. The fourth-order valence-corrected chi connectivity index (χ4v) is 7.86. The number of hydrogen-bond acceptors (Lipinski definition) is 6. The van der Waals surface area contributed by atoms with Gasteiger partial charge in [-0.3, -0.25) is 9.69 Å². The van der Waals surface area contributed by atoms with Gasteiger partial charge in [-0.1, -0.05) is 6.92 Å². The molecule has 0 amide bonds. The molecule has 0 unspecified atom stereocenters. The first-order chi connectivity index (χ1) is 15.9. The Morgan fingerprint density at radius 1 is 1.18 bits per heavy atom. The van der Waals surface area contributed by atoms with Crippen LogP contribution >= 0.6 is 0 Å². The molecule has 3 heterocycles. The highest BCUT2D eigenvalue weighted by atomic mass is 16.6. The summed E-state index contributed by atoms with van der Waals surface area (Å²) in [4.78, 5) is 15.6. The van der Waals surface area contributed by atoms with Crippen LogP contribution in [0, 0.1) is 23.2 Å². The lowest BCUT2D eigenvalue weighted by atomic mass is 9.53. The van der Waals surface area contributed by atoms with Crippen molar-refractivity contribution in [2.75, 3.05) is 33.9 Å².